The zero-order chi connectivity index (χ0) is 24.1. The highest BCUT2D eigenvalue weighted by Crippen LogP contribution is 2.23. The molecule has 34 heavy (non-hydrogen) atoms. The molecule has 1 aliphatic rings. The summed E-state index contributed by atoms with van der Waals surface area (Å²) in [4.78, 5) is 33.4. The molecular weight excluding hydrogens is 567 g/mol. The quantitative estimate of drug-likeness (QED) is 0.318. The number of rotatable bonds is 6. The van der Waals surface area contributed by atoms with Crippen LogP contribution in [0.5, 0.6) is 0 Å². The number of halogens is 2. The molecule has 1 aliphatic heterocycles. The van der Waals surface area contributed by atoms with Gasteiger partial charge in [-0.25, -0.2) is 9.78 Å². The number of hydrogen-bond donors (Lipinski definition) is 1. The third-order valence-electron chi connectivity index (χ3n) is 5.53. The van der Waals surface area contributed by atoms with Crippen molar-refractivity contribution in [3.8, 4) is 0 Å². The smallest absolute Gasteiger partial charge is 0.338 e. The second kappa shape index (κ2) is 11.1. The Morgan fingerprint density at radius 3 is 2.29 bits per heavy atom. The van der Waals surface area contributed by atoms with Gasteiger partial charge < -0.3 is 19.9 Å². The minimum atomic E-state index is -0.301. The Kier molecular flexibility index (Phi) is 7.89. The van der Waals surface area contributed by atoms with Crippen molar-refractivity contribution >= 4 is 63.3 Å². The molecule has 1 aromatic heterocycles. The number of hydrogen-bond acceptors (Lipinski definition) is 6. The molecule has 1 amide bonds. The van der Waals surface area contributed by atoms with Crippen LogP contribution in [-0.4, -0.2) is 49.6 Å². The van der Waals surface area contributed by atoms with E-state index in [0.29, 0.717) is 28.4 Å². The minimum absolute atomic E-state index is 0.215. The molecule has 1 saturated heterocycles. The maximum atomic E-state index is 12.6. The van der Waals surface area contributed by atoms with Crippen LogP contribution in [-0.2, 0) is 4.74 Å². The lowest BCUT2D eigenvalue weighted by Crippen LogP contribution is -2.46. The molecule has 2 heterocycles. The molecule has 7 nitrogen and oxygen atoms in total. The number of anilines is 3. The monoisotopic (exact) mass is 590 g/mol. The highest BCUT2D eigenvalue weighted by atomic mass is 127. The van der Waals surface area contributed by atoms with E-state index in [1.165, 1.54) is 0 Å². The van der Waals surface area contributed by atoms with Crippen LogP contribution in [0.2, 0.25) is 5.02 Å². The van der Waals surface area contributed by atoms with Gasteiger partial charge in [-0.2, -0.15) is 0 Å². The molecule has 0 saturated carbocycles. The Morgan fingerprint density at radius 2 is 1.68 bits per heavy atom. The van der Waals surface area contributed by atoms with Crippen LogP contribution in [0.15, 0.2) is 60.8 Å². The van der Waals surface area contributed by atoms with Crippen molar-refractivity contribution in [3.63, 3.8) is 0 Å². The van der Waals surface area contributed by atoms with Gasteiger partial charge >= 0.3 is 5.97 Å². The molecule has 0 atom stereocenters. The zero-order valence-electron chi connectivity index (χ0n) is 18.6. The van der Waals surface area contributed by atoms with Gasteiger partial charge in [0.25, 0.3) is 5.91 Å². The average molecular weight is 591 g/mol. The van der Waals surface area contributed by atoms with Crippen molar-refractivity contribution < 1.29 is 14.3 Å². The Bertz CT molecular complexity index is 1160. The molecule has 0 radical (unpaired) electrons. The number of pyridine rings is 1. The number of piperazine rings is 1. The van der Waals surface area contributed by atoms with Gasteiger partial charge in [-0.1, -0.05) is 11.6 Å². The number of carbonyl (C=O) groups excluding carboxylic acids is 2. The molecule has 4 rings (SSSR count). The molecule has 3 aromatic rings. The SMILES string of the molecule is CCOC(=O)c1ccc(N2CCN(c3ccc(C(=O)Nc4ccc(Cl)c(I)c4)cn3)CC2)cc1. The Morgan fingerprint density at radius 1 is 1.00 bits per heavy atom. The molecule has 2 aromatic carbocycles. The predicted molar refractivity (Wildman–Crippen MR) is 143 cm³/mol. The molecule has 0 unspecified atom stereocenters. The first kappa shape index (κ1) is 24.3. The number of esters is 1. The first-order chi connectivity index (χ1) is 16.4. The summed E-state index contributed by atoms with van der Waals surface area (Å²) in [6.07, 6.45) is 1.60. The van der Waals surface area contributed by atoms with E-state index in [0.717, 1.165) is 41.3 Å². The van der Waals surface area contributed by atoms with Crippen LogP contribution >= 0.6 is 34.2 Å². The van der Waals surface area contributed by atoms with Crippen LogP contribution < -0.4 is 15.1 Å². The fourth-order valence-corrected chi connectivity index (χ4v) is 4.33. The van der Waals surface area contributed by atoms with Crippen molar-refractivity contribution in [2.45, 2.75) is 6.92 Å². The predicted octanol–water partition coefficient (Wildman–Crippen LogP) is 5.10. The average Bonchev–Trinajstić information content (AvgIpc) is 2.87. The molecule has 1 N–H and O–H groups in total. The summed E-state index contributed by atoms with van der Waals surface area (Å²) in [5.41, 5.74) is 2.82. The highest BCUT2D eigenvalue weighted by molar-refractivity contribution is 14.1. The maximum Gasteiger partial charge on any atom is 0.338 e. The van der Waals surface area contributed by atoms with Crippen LogP contribution in [0.25, 0.3) is 0 Å². The molecule has 1 fully saturated rings. The topological polar surface area (TPSA) is 74.8 Å². The number of benzene rings is 2. The van der Waals surface area contributed by atoms with Gasteiger partial charge in [0.2, 0.25) is 0 Å². The fourth-order valence-electron chi connectivity index (χ4n) is 3.70. The van der Waals surface area contributed by atoms with E-state index in [1.807, 2.05) is 24.3 Å². The summed E-state index contributed by atoms with van der Waals surface area (Å²) < 4.78 is 5.92. The van der Waals surface area contributed by atoms with Crippen molar-refractivity contribution in [2.24, 2.45) is 0 Å². The van der Waals surface area contributed by atoms with Gasteiger partial charge in [0, 0.05) is 47.3 Å². The number of ether oxygens (including phenoxy) is 1. The van der Waals surface area contributed by atoms with E-state index in [2.05, 4.69) is 42.7 Å². The lowest BCUT2D eigenvalue weighted by atomic mass is 10.1. The first-order valence-corrected chi connectivity index (χ1v) is 12.4. The Hall–Kier alpha value is -2.85. The maximum absolute atomic E-state index is 12.6. The van der Waals surface area contributed by atoms with Gasteiger partial charge in [-0.05, 0) is 84.1 Å². The van der Waals surface area contributed by atoms with Crippen molar-refractivity contribution in [3.05, 3.63) is 80.5 Å². The number of nitrogens with zero attached hydrogens (tertiary/aromatic N) is 3. The van der Waals surface area contributed by atoms with Crippen molar-refractivity contribution in [1.29, 1.82) is 0 Å². The normalized spacial score (nSPS) is 13.5. The molecule has 0 spiro atoms. The Balaban J connectivity index is 1.32. The van der Waals surface area contributed by atoms with Gasteiger partial charge in [-0.15, -0.1) is 0 Å². The first-order valence-electron chi connectivity index (χ1n) is 10.9. The number of amides is 1. The lowest BCUT2D eigenvalue weighted by molar-refractivity contribution is 0.0526. The van der Waals surface area contributed by atoms with E-state index in [4.69, 9.17) is 16.3 Å². The van der Waals surface area contributed by atoms with Crippen molar-refractivity contribution in [2.75, 3.05) is 47.9 Å². The van der Waals surface area contributed by atoms with Crippen LogP contribution in [0, 0.1) is 3.57 Å². The summed E-state index contributed by atoms with van der Waals surface area (Å²) >= 11 is 8.17. The van der Waals surface area contributed by atoms with Gasteiger partial charge in [-0.3, -0.25) is 4.79 Å². The van der Waals surface area contributed by atoms with Crippen LogP contribution in [0.3, 0.4) is 0 Å². The minimum Gasteiger partial charge on any atom is -0.462 e. The van der Waals surface area contributed by atoms with Gasteiger partial charge in [0.05, 0.1) is 22.8 Å². The van der Waals surface area contributed by atoms with Crippen molar-refractivity contribution in [1.82, 2.24) is 4.98 Å². The standard InChI is InChI=1S/C25H24ClIN4O3/c1-2-34-25(33)17-3-7-20(8-4-17)30-11-13-31(14-12-30)23-10-5-18(16-28-23)24(32)29-19-6-9-21(26)22(27)15-19/h3-10,15-16H,2,11-14H2,1H3,(H,29,32). The lowest BCUT2D eigenvalue weighted by Gasteiger charge is -2.36. The fraction of sp³-hybridized carbons (Fsp3) is 0.240. The largest absolute Gasteiger partial charge is 0.462 e. The van der Waals surface area contributed by atoms with E-state index in [1.54, 1.807) is 43.5 Å². The second-order valence-corrected chi connectivity index (χ2v) is 9.30. The number of aromatic nitrogens is 1. The second-order valence-electron chi connectivity index (χ2n) is 7.73. The molecule has 0 aliphatic carbocycles. The summed E-state index contributed by atoms with van der Waals surface area (Å²) in [7, 11) is 0. The zero-order valence-corrected chi connectivity index (χ0v) is 21.5. The van der Waals surface area contributed by atoms with Gasteiger partial charge in [0.1, 0.15) is 5.82 Å². The van der Waals surface area contributed by atoms with E-state index >= 15 is 0 Å². The van der Waals surface area contributed by atoms with E-state index in [-0.39, 0.29) is 11.9 Å². The summed E-state index contributed by atoms with van der Waals surface area (Å²) in [5.74, 6) is 0.327. The number of nitrogens with one attached hydrogen (secondary N) is 1. The summed E-state index contributed by atoms with van der Waals surface area (Å²) in [6, 6.07) is 16.5. The molecule has 0 bridgehead atoms. The molecule has 176 valence electrons. The van der Waals surface area contributed by atoms with Crippen LogP contribution in [0.4, 0.5) is 17.2 Å². The van der Waals surface area contributed by atoms with E-state index in [9.17, 15) is 9.59 Å². The molecular formula is C25H24ClIN4O3. The third-order valence-corrected chi connectivity index (χ3v) is 7.08. The summed E-state index contributed by atoms with van der Waals surface area (Å²) in [6.45, 7) is 5.44. The summed E-state index contributed by atoms with van der Waals surface area (Å²) in [5, 5.41) is 3.53. The Labute approximate surface area is 217 Å². The number of carbonyl (C=O) groups is 2. The van der Waals surface area contributed by atoms with E-state index < -0.39 is 0 Å². The van der Waals surface area contributed by atoms with Crippen LogP contribution in [0.1, 0.15) is 27.6 Å². The highest BCUT2D eigenvalue weighted by Gasteiger charge is 2.19. The van der Waals surface area contributed by atoms with Gasteiger partial charge in [0.15, 0.2) is 0 Å². The molecule has 9 heteroatoms. The third kappa shape index (κ3) is 5.79.